The molecule has 1 aromatic rings. The molecule has 2 amide bonds. The summed E-state index contributed by atoms with van der Waals surface area (Å²) in [4.78, 5) is 25.7. The molecule has 0 saturated carbocycles. The van der Waals surface area contributed by atoms with Crippen molar-refractivity contribution in [3.63, 3.8) is 0 Å². The van der Waals surface area contributed by atoms with E-state index < -0.39 is 8.07 Å². The van der Waals surface area contributed by atoms with E-state index in [9.17, 15) is 4.79 Å². The number of aromatic nitrogens is 2. The van der Waals surface area contributed by atoms with Gasteiger partial charge in [-0.1, -0.05) is 19.6 Å². The van der Waals surface area contributed by atoms with E-state index in [1.165, 1.54) is 0 Å². The Morgan fingerprint density at radius 2 is 2.08 bits per heavy atom. The molecule has 3 N–H and O–H groups in total. The summed E-state index contributed by atoms with van der Waals surface area (Å²) in [6.07, 6.45) is 7.76. The van der Waals surface area contributed by atoms with Gasteiger partial charge in [-0.05, 0) is 51.6 Å². The number of aromatic amines is 1. The first kappa shape index (κ1) is 26.1. The quantitative estimate of drug-likeness (QED) is 0.391. The van der Waals surface area contributed by atoms with Gasteiger partial charge in [0, 0.05) is 33.7 Å². The van der Waals surface area contributed by atoms with Gasteiger partial charge in [-0.15, -0.1) is 0 Å². The lowest BCUT2D eigenvalue weighted by molar-refractivity contribution is -0.101. The largest absolute Gasteiger partial charge is 0.376 e. The number of hydrogen-bond donors (Lipinski definition) is 3. The summed E-state index contributed by atoms with van der Waals surface area (Å²) < 4.78 is 19.0. The number of imidazole rings is 1. The van der Waals surface area contributed by atoms with E-state index in [0.717, 1.165) is 50.5 Å². The van der Waals surface area contributed by atoms with Crippen molar-refractivity contribution in [1.29, 1.82) is 0 Å². The minimum Gasteiger partial charge on any atom is -0.376 e. The summed E-state index contributed by atoms with van der Waals surface area (Å²) in [6.45, 7) is 11.7. The van der Waals surface area contributed by atoms with Crippen molar-refractivity contribution in [1.82, 2.24) is 30.4 Å². The highest BCUT2D eigenvalue weighted by molar-refractivity contribution is 6.76. The third kappa shape index (κ3) is 5.66. The fourth-order valence-corrected chi connectivity index (χ4v) is 6.76. The van der Waals surface area contributed by atoms with Crippen molar-refractivity contribution >= 4 is 14.1 Å². The molecule has 4 aliphatic heterocycles. The van der Waals surface area contributed by atoms with Crippen LogP contribution >= 0.6 is 0 Å². The van der Waals surface area contributed by atoms with Crippen molar-refractivity contribution in [2.75, 3.05) is 26.5 Å². The fourth-order valence-electron chi connectivity index (χ4n) is 6.00. The van der Waals surface area contributed by atoms with Gasteiger partial charge in [0.05, 0.1) is 30.3 Å². The summed E-state index contributed by atoms with van der Waals surface area (Å²) in [5.41, 5.74) is 0. The molecule has 5 heterocycles. The lowest BCUT2D eigenvalue weighted by Crippen LogP contribution is -2.64. The number of ether oxygens (including phenoxy) is 3. The van der Waals surface area contributed by atoms with Gasteiger partial charge in [-0.25, -0.2) is 9.78 Å². The zero-order valence-electron chi connectivity index (χ0n) is 22.2. The van der Waals surface area contributed by atoms with Crippen LogP contribution in [0.2, 0.25) is 25.7 Å². The lowest BCUT2D eigenvalue weighted by Gasteiger charge is -2.45. The molecular weight excluding hydrogens is 476 g/mol. The molecule has 36 heavy (non-hydrogen) atoms. The van der Waals surface area contributed by atoms with Gasteiger partial charge in [0.2, 0.25) is 0 Å². The van der Waals surface area contributed by atoms with E-state index in [-0.39, 0.29) is 48.8 Å². The molecule has 0 aliphatic carbocycles. The van der Waals surface area contributed by atoms with Gasteiger partial charge in [0.15, 0.2) is 0 Å². The molecule has 1 aromatic heterocycles. The second-order valence-electron chi connectivity index (χ2n) is 11.9. The van der Waals surface area contributed by atoms with Crippen molar-refractivity contribution in [3.8, 4) is 0 Å². The summed E-state index contributed by atoms with van der Waals surface area (Å²) in [5, 5.41) is 7.33. The zero-order chi connectivity index (χ0) is 25.3. The minimum atomic E-state index is -1.20. The van der Waals surface area contributed by atoms with Crippen LogP contribution in [0.25, 0.3) is 0 Å². The third-order valence-electron chi connectivity index (χ3n) is 7.98. The Bertz CT molecular complexity index is 867. The van der Waals surface area contributed by atoms with Crippen molar-refractivity contribution in [2.24, 2.45) is 0 Å². The number of fused-ring (bicyclic) bond motifs is 3. The molecule has 11 heteroatoms. The number of carbonyl (C=O) groups is 1. The molecular formula is C25H44N6O4Si. The first-order valence-corrected chi connectivity index (χ1v) is 17.4. The average Bonchev–Trinajstić information content (AvgIpc) is 3.45. The number of amides is 2. The van der Waals surface area contributed by atoms with Crippen LogP contribution in [0.1, 0.15) is 50.8 Å². The Morgan fingerprint density at radius 1 is 1.22 bits per heavy atom. The number of urea groups is 1. The second kappa shape index (κ2) is 11.1. The van der Waals surface area contributed by atoms with Gasteiger partial charge < -0.3 is 19.2 Å². The highest BCUT2D eigenvalue weighted by Gasteiger charge is 2.54. The molecule has 7 atom stereocenters. The highest BCUT2D eigenvalue weighted by atomic mass is 28.3. The summed E-state index contributed by atoms with van der Waals surface area (Å²) in [5.74, 6) is 1.06. The van der Waals surface area contributed by atoms with Crippen LogP contribution in [0.4, 0.5) is 4.79 Å². The summed E-state index contributed by atoms with van der Waals surface area (Å²) in [7, 11) is -1.20. The number of piperidine rings is 2. The van der Waals surface area contributed by atoms with E-state index in [4.69, 9.17) is 14.2 Å². The Balaban J connectivity index is 1.38. The fraction of sp³-hybridized carbons (Fsp3) is 0.840. The molecule has 4 fully saturated rings. The van der Waals surface area contributed by atoms with Gasteiger partial charge in [0.1, 0.15) is 24.9 Å². The van der Waals surface area contributed by atoms with Crippen LogP contribution in [-0.4, -0.2) is 97.2 Å². The predicted molar refractivity (Wildman–Crippen MR) is 139 cm³/mol. The van der Waals surface area contributed by atoms with E-state index in [1.54, 1.807) is 6.20 Å². The molecule has 0 radical (unpaired) electrons. The third-order valence-corrected chi connectivity index (χ3v) is 9.69. The van der Waals surface area contributed by atoms with Gasteiger partial charge in [-0.2, -0.15) is 0 Å². The molecule has 0 spiro atoms. The maximum atomic E-state index is 14.0. The maximum Gasteiger partial charge on any atom is 0.324 e. The zero-order valence-corrected chi connectivity index (χ0v) is 23.2. The Kier molecular flexibility index (Phi) is 8.04. The van der Waals surface area contributed by atoms with Crippen molar-refractivity contribution < 1.29 is 19.0 Å². The van der Waals surface area contributed by atoms with Crippen molar-refractivity contribution in [2.45, 2.75) is 107 Å². The highest BCUT2D eigenvalue weighted by Crippen LogP contribution is 2.37. The van der Waals surface area contributed by atoms with Crippen LogP contribution in [-0.2, 0) is 14.2 Å². The SMILES string of the molecule is CC1CCCOC2CCNC3C2N(C(=O)N3COCC[Si](C)(C)C)C2CCC(c3ncc[nH]3)C(N2)O1. The first-order valence-electron chi connectivity index (χ1n) is 13.7. The smallest absolute Gasteiger partial charge is 0.324 e. The Morgan fingerprint density at radius 3 is 2.86 bits per heavy atom. The monoisotopic (exact) mass is 520 g/mol. The number of nitrogens with zero attached hydrogens (tertiary/aromatic N) is 3. The van der Waals surface area contributed by atoms with Gasteiger partial charge in [-0.3, -0.25) is 20.4 Å². The van der Waals surface area contributed by atoms with E-state index in [0.29, 0.717) is 19.9 Å². The molecule has 2 bridgehead atoms. The number of nitrogens with one attached hydrogen (secondary N) is 3. The molecule has 202 valence electrons. The molecule has 7 unspecified atom stereocenters. The molecule has 5 rings (SSSR count). The molecule has 4 saturated heterocycles. The van der Waals surface area contributed by atoms with Crippen LogP contribution < -0.4 is 10.6 Å². The Labute approximate surface area is 215 Å². The molecule has 4 aliphatic rings. The predicted octanol–water partition coefficient (Wildman–Crippen LogP) is 2.85. The van der Waals surface area contributed by atoms with E-state index in [1.807, 2.05) is 16.0 Å². The average molecular weight is 521 g/mol. The van der Waals surface area contributed by atoms with Crippen molar-refractivity contribution in [3.05, 3.63) is 18.2 Å². The van der Waals surface area contributed by atoms with E-state index >= 15 is 0 Å². The first-order chi connectivity index (χ1) is 17.3. The van der Waals surface area contributed by atoms with Crippen LogP contribution in [0.3, 0.4) is 0 Å². The number of H-pyrrole nitrogens is 1. The Hall–Kier alpha value is -1.50. The minimum absolute atomic E-state index is 0.00545. The van der Waals surface area contributed by atoms with Crippen LogP contribution in [0, 0.1) is 0 Å². The van der Waals surface area contributed by atoms with Gasteiger partial charge >= 0.3 is 6.03 Å². The normalized spacial score (nSPS) is 35.8. The maximum absolute atomic E-state index is 14.0. The summed E-state index contributed by atoms with van der Waals surface area (Å²) >= 11 is 0. The molecule has 10 nitrogen and oxygen atoms in total. The van der Waals surface area contributed by atoms with Crippen LogP contribution in [0.15, 0.2) is 12.4 Å². The summed E-state index contributed by atoms with van der Waals surface area (Å²) in [6, 6.07) is 1.03. The van der Waals surface area contributed by atoms with E-state index in [2.05, 4.69) is 47.2 Å². The topological polar surface area (TPSA) is 104 Å². The lowest BCUT2D eigenvalue weighted by atomic mass is 9.92. The standard InChI is InChI=1S/C25H44N6O4Si/c1-17-6-5-13-34-19-9-10-28-23-21(19)31(25(32)30(23)16-33-14-15-36(2,3)4)20-8-7-18(24(29-20)35-17)22-26-11-12-27-22/h11-12,17-21,23-24,28-29H,5-10,13-16H2,1-4H3,(H,26,27). The number of hydrogen-bond acceptors (Lipinski definition) is 7. The molecule has 0 aromatic carbocycles. The number of carbonyl (C=O) groups excluding carboxylic acids is 1. The second-order valence-corrected chi connectivity index (χ2v) is 17.6. The van der Waals surface area contributed by atoms with Crippen LogP contribution in [0.5, 0.6) is 0 Å². The van der Waals surface area contributed by atoms with Gasteiger partial charge in [0.25, 0.3) is 0 Å². The number of rotatable bonds is 6.